The van der Waals surface area contributed by atoms with Crippen LogP contribution in [0.3, 0.4) is 0 Å². The molecule has 2 unspecified atom stereocenters. The molecule has 0 aromatic heterocycles. The predicted octanol–water partition coefficient (Wildman–Crippen LogP) is 5.83. The predicted molar refractivity (Wildman–Crippen MR) is 154 cm³/mol. The van der Waals surface area contributed by atoms with E-state index in [0.717, 1.165) is 29.8 Å². The Kier molecular flexibility index (Phi) is 6.55. The fraction of sp³-hybridized carbons (Fsp3) is 0.406. The summed E-state index contributed by atoms with van der Waals surface area (Å²) >= 11 is 0. The third kappa shape index (κ3) is 4.42. The smallest absolute Gasteiger partial charge is 0.416 e. The average Bonchev–Trinajstić information content (AvgIpc) is 3.28. The van der Waals surface area contributed by atoms with Crippen LogP contribution < -0.4 is 4.90 Å². The van der Waals surface area contributed by atoms with Gasteiger partial charge in [0.2, 0.25) is 10.0 Å². The molecule has 11 heteroatoms. The lowest BCUT2D eigenvalue weighted by Crippen LogP contribution is -2.48. The number of ether oxygens (including phenoxy) is 1. The summed E-state index contributed by atoms with van der Waals surface area (Å²) < 4.78 is 72.9. The van der Waals surface area contributed by atoms with Crippen molar-refractivity contribution in [3.8, 4) is 0 Å². The van der Waals surface area contributed by atoms with E-state index in [0.29, 0.717) is 31.6 Å². The fourth-order valence-electron chi connectivity index (χ4n) is 7.87. The van der Waals surface area contributed by atoms with Crippen molar-refractivity contribution in [2.24, 2.45) is 5.92 Å². The molecule has 2 saturated heterocycles. The number of carbonyl (C=O) groups is 1. The molecular formula is C32H32F3N3O4S. The van der Waals surface area contributed by atoms with Crippen LogP contribution in [-0.2, 0) is 27.5 Å². The Balaban J connectivity index is 1.04. The fourth-order valence-corrected chi connectivity index (χ4v) is 9.34. The number of piperazine rings is 1. The van der Waals surface area contributed by atoms with E-state index in [-0.39, 0.29) is 48.1 Å². The van der Waals surface area contributed by atoms with Crippen LogP contribution in [0.4, 0.5) is 23.7 Å². The molecule has 43 heavy (non-hydrogen) atoms. The van der Waals surface area contributed by atoms with Crippen LogP contribution in [0.15, 0.2) is 77.7 Å². The van der Waals surface area contributed by atoms with Gasteiger partial charge in [0.05, 0.1) is 16.0 Å². The molecule has 226 valence electrons. The number of likely N-dealkylation sites (tertiary alicyclic amines) is 1. The highest BCUT2D eigenvalue weighted by molar-refractivity contribution is 7.89. The molecule has 2 aliphatic heterocycles. The maximum absolute atomic E-state index is 13.3. The zero-order valence-electron chi connectivity index (χ0n) is 23.6. The third-order valence-electron chi connectivity index (χ3n) is 9.89. The van der Waals surface area contributed by atoms with E-state index in [1.54, 1.807) is 0 Å². The lowest BCUT2D eigenvalue weighted by Gasteiger charge is -2.35. The zero-order valence-corrected chi connectivity index (χ0v) is 24.4. The van der Waals surface area contributed by atoms with Gasteiger partial charge in [-0.2, -0.15) is 17.5 Å². The second-order valence-corrected chi connectivity index (χ2v) is 13.9. The molecule has 1 amide bonds. The van der Waals surface area contributed by atoms with Crippen molar-refractivity contribution in [3.05, 3.63) is 95.1 Å². The Bertz CT molecular complexity index is 1670. The first-order chi connectivity index (χ1) is 20.5. The van der Waals surface area contributed by atoms with Crippen LogP contribution in [0.5, 0.6) is 0 Å². The van der Waals surface area contributed by atoms with E-state index < -0.39 is 21.8 Å². The Hall–Kier alpha value is -3.57. The topological polar surface area (TPSA) is 70.2 Å². The van der Waals surface area contributed by atoms with Crippen molar-refractivity contribution in [2.75, 3.05) is 37.6 Å². The van der Waals surface area contributed by atoms with Crippen molar-refractivity contribution in [2.45, 2.75) is 48.4 Å². The highest BCUT2D eigenvalue weighted by Crippen LogP contribution is 2.75. The van der Waals surface area contributed by atoms with E-state index in [9.17, 15) is 26.4 Å². The monoisotopic (exact) mass is 611 g/mol. The summed E-state index contributed by atoms with van der Waals surface area (Å²) in [5.41, 5.74) is 3.22. The number of anilines is 1. The highest BCUT2D eigenvalue weighted by Gasteiger charge is 2.77. The van der Waals surface area contributed by atoms with Gasteiger partial charge < -0.3 is 14.5 Å². The zero-order chi connectivity index (χ0) is 30.1. The van der Waals surface area contributed by atoms with Gasteiger partial charge in [-0.3, -0.25) is 0 Å². The van der Waals surface area contributed by atoms with E-state index in [1.807, 2.05) is 35.2 Å². The first-order valence-electron chi connectivity index (χ1n) is 14.6. The second-order valence-electron chi connectivity index (χ2n) is 11.9. The van der Waals surface area contributed by atoms with Crippen molar-refractivity contribution < 1.29 is 31.1 Å². The number of halogens is 3. The van der Waals surface area contributed by atoms with Crippen LogP contribution >= 0.6 is 0 Å². The first kappa shape index (κ1) is 28.2. The molecular weight excluding hydrogens is 579 g/mol. The Morgan fingerprint density at radius 2 is 1.67 bits per heavy atom. The number of alkyl halides is 3. The van der Waals surface area contributed by atoms with Crippen molar-refractivity contribution >= 4 is 21.8 Å². The van der Waals surface area contributed by atoms with E-state index in [2.05, 4.69) is 30.0 Å². The minimum Gasteiger partial charge on any atom is -0.445 e. The minimum absolute atomic E-state index is 0.170. The number of carbonyl (C=O) groups excluding carboxylic acids is 1. The van der Waals surface area contributed by atoms with Gasteiger partial charge in [0.15, 0.2) is 0 Å². The summed E-state index contributed by atoms with van der Waals surface area (Å²) in [6.45, 7) is 4.29. The van der Waals surface area contributed by atoms with Gasteiger partial charge in [0, 0.05) is 50.2 Å². The Morgan fingerprint density at radius 1 is 0.930 bits per heavy atom. The Morgan fingerprint density at radius 3 is 2.40 bits per heavy atom. The van der Waals surface area contributed by atoms with Gasteiger partial charge >= 0.3 is 12.3 Å². The Labute approximate surface area is 248 Å². The number of nitrogens with zero attached hydrogens (tertiary/aromatic N) is 3. The minimum atomic E-state index is -4.62. The SMILES string of the molecule is C[C@@H]1C2c3cc(N4CCN(S(=O)(=O)c5cccc(C(F)(F)F)c5)CC4)ccc3[C@@H]3CCN(C(=O)OCc4ccccc4)C213. The van der Waals surface area contributed by atoms with Crippen LogP contribution in [-0.4, -0.2) is 62.0 Å². The number of rotatable bonds is 5. The molecule has 0 N–H and O–H groups in total. The molecule has 3 aromatic rings. The van der Waals surface area contributed by atoms with Gasteiger partial charge in [-0.15, -0.1) is 0 Å². The molecule has 7 nitrogen and oxygen atoms in total. The third-order valence-corrected chi connectivity index (χ3v) is 11.8. The molecule has 2 aliphatic carbocycles. The quantitative estimate of drug-likeness (QED) is 0.363. The van der Waals surface area contributed by atoms with Gasteiger partial charge in [-0.05, 0) is 59.4 Å². The van der Waals surface area contributed by atoms with Crippen molar-refractivity contribution in [1.82, 2.24) is 9.21 Å². The molecule has 7 rings (SSSR count). The number of benzene rings is 3. The molecule has 4 aliphatic rings. The van der Waals surface area contributed by atoms with Gasteiger partial charge in [0.1, 0.15) is 6.61 Å². The van der Waals surface area contributed by atoms with Crippen LogP contribution in [0.2, 0.25) is 0 Å². The van der Waals surface area contributed by atoms with Gasteiger partial charge in [-0.25, -0.2) is 13.2 Å². The first-order valence-corrected chi connectivity index (χ1v) is 16.0. The largest absolute Gasteiger partial charge is 0.445 e. The highest BCUT2D eigenvalue weighted by atomic mass is 32.2. The summed E-state index contributed by atoms with van der Waals surface area (Å²) in [6, 6.07) is 20.0. The normalized spacial score (nSPS) is 26.6. The molecule has 2 heterocycles. The number of hydrogen-bond acceptors (Lipinski definition) is 5. The molecule has 1 spiro atoms. The molecule has 4 atom stereocenters. The second kappa shape index (κ2) is 9.99. The van der Waals surface area contributed by atoms with Crippen molar-refractivity contribution in [1.29, 1.82) is 0 Å². The molecule has 0 radical (unpaired) electrons. The summed E-state index contributed by atoms with van der Waals surface area (Å²) in [6.07, 6.45) is -4.00. The van der Waals surface area contributed by atoms with Crippen LogP contribution in [0.25, 0.3) is 0 Å². The maximum Gasteiger partial charge on any atom is 0.416 e. The van der Waals surface area contributed by atoms with E-state index in [1.165, 1.54) is 21.5 Å². The standard InChI is InChI=1S/C32H32F3N3O4S/c1-21-29-27-19-24(36-14-16-37(17-15-36)43(40,41)25-9-5-8-23(18-25)32(33,34)35)10-11-26(27)28-12-13-38(31(21,28)29)30(39)42-20-22-6-3-2-4-7-22/h2-11,18-19,21,28-29H,12-17,20H2,1H3/t21-,28+,29?,31?/m1/s1. The maximum atomic E-state index is 13.3. The number of sulfonamides is 1. The lowest BCUT2D eigenvalue weighted by atomic mass is 9.90. The molecule has 3 fully saturated rings. The van der Waals surface area contributed by atoms with E-state index >= 15 is 0 Å². The molecule has 3 aromatic carbocycles. The van der Waals surface area contributed by atoms with Gasteiger partial charge in [-0.1, -0.05) is 49.4 Å². The summed E-state index contributed by atoms with van der Waals surface area (Å²) in [5, 5.41) is 0. The number of hydrogen-bond donors (Lipinski definition) is 0. The molecule has 0 bridgehead atoms. The molecule has 1 saturated carbocycles. The number of fused-ring (bicyclic) bond motifs is 3. The lowest BCUT2D eigenvalue weighted by molar-refractivity contribution is -0.137. The summed E-state index contributed by atoms with van der Waals surface area (Å²) in [5.74, 6) is 0.790. The number of amides is 1. The average molecular weight is 612 g/mol. The van der Waals surface area contributed by atoms with Gasteiger partial charge in [0.25, 0.3) is 0 Å². The van der Waals surface area contributed by atoms with Crippen LogP contribution in [0.1, 0.15) is 47.4 Å². The van der Waals surface area contributed by atoms with E-state index in [4.69, 9.17) is 4.74 Å². The van der Waals surface area contributed by atoms with Crippen molar-refractivity contribution in [3.63, 3.8) is 0 Å². The summed E-state index contributed by atoms with van der Waals surface area (Å²) in [7, 11) is -4.06. The summed E-state index contributed by atoms with van der Waals surface area (Å²) in [4.78, 5) is 17.0. The van der Waals surface area contributed by atoms with Crippen LogP contribution in [0, 0.1) is 5.92 Å².